The third kappa shape index (κ3) is 3.85. The number of nitrogens with two attached hydrogens (primary N) is 2. The van der Waals surface area contributed by atoms with Crippen molar-refractivity contribution in [3.8, 4) is 17.5 Å². The van der Waals surface area contributed by atoms with E-state index in [9.17, 15) is 14.9 Å². The number of aromatic nitrogens is 2. The van der Waals surface area contributed by atoms with Crippen molar-refractivity contribution in [2.75, 3.05) is 18.8 Å². The second-order valence-electron chi connectivity index (χ2n) is 7.53. The molecule has 4 rings (SSSR count). The van der Waals surface area contributed by atoms with Gasteiger partial charge < -0.3 is 16.4 Å². The number of piperidine rings is 1. The van der Waals surface area contributed by atoms with Crippen LogP contribution in [0.4, 0.5) is 5.82 Å². The summed E-state index contributed by atoms with van der Waals surface area (Å²) in [6.45, 7) is 1.17. The summed E-state index contributed by atoms with van der Waals surface area (Å²) in [6, 6.07) is 15.7. The van der Waals surface area contributed by atoms with Gasteiger partial charge >= 0.3 is 0 Å². The Balaban J connectivity index is 1.68. The SMILES string of the molecule is N#CN1CCCC(n2nc(-c3ccc(C(=O)c4ccccc4)cc3)c(C(N)=O)c2N)C1. The number of carbonyl (C=O) groups is 2. The number of nitriles is 1. The van der Waals surface area contributed by atoms with E-state index in [0.717, 1.165) is 12.8 Å². The van der Waals surface area contributed by atoms with Gasteiger partial charge in [0.1, 0.15) is 17.1 Å². The summed E-state index contributed by atoms with van der Waals surface area (Å²) in [5.74, 6) is -0.570. The summed E-state index contributed by atoms with van der Waals surface area (Å²) in [5, 5.41) is 13.8. The predicted octanol–water partition coefficient (Wildman–Crippen LogP) is 2.58. The lowest BCUT2D eigenvalue weighted by atomic mass is 10.00. The van der Waals surface area contributed by atoms with E-state index in [1.807, 2.05) is 18.2 Å². The number of nitrogen functional groups attached to an aromatic ring is 1. The Morgan fingerprint density at radius 3 is 2.39 bits per heavy atom. The maximum absolute atomic E-state index is 12.6. The molecule has 1 aliphatic rings. The molecule has 3 aromatic rings. The Morgan fingerprint density at radius 2 is 1.74 bits per heavy atom. The topological polar surface area (TPSA) is 131 Å². The minimum absolute atomic E-state index is 0.0916. The highest BCUT2D eigenvalue weighted by Gasteiger charge is 2.28. The number of primary amides is 1. The van der Waals surface area contributed by atoms with Crippen LogP contribution in [-0.4, -0.2) is 39.5 Å². The standard InChI is InChI=1S/C23H22N6O2/c24-14-28-12-4-7-18(13-28)29-22(25)19(23(26)31)20(27-29)15-8-10-17(11-9-15)21(30)16-5-2-1-3-6-16/h1-3,5-6,8-11,18H,4,7,12-13,25H2,(H2,26,31). The lowest BCUT2D eigenvalue weighted by Crippen LogP contribution is -2.34. The molecular weight excluding hydrogens is 392 g/mol. The molecule has 8 nitrogen and oxygen atoms in total. The number of rotatable bonds is 5. The third-order valence-corrected chi connectivity index (χ3v) is 5.53. The van der Waals surface area contributed by atoms with Crippen molar-refractivity contribution in [3.05, 3.63) is 71.3 Å². The Hall–Kier alpha value is -4.12. The van der Waals surface area contributed by atoms with E-state index in [1.165, 1.54) is 0 Å². The monoisotopic (exact) mass is 414 g/mol. The zero-order valence-electron chi connectivity index (χ0n) is 16.9. The number of hydrogen-bond donors (Lipinski definition) is 2. The minimum Gasteiger partial charge on any atom is -0.383 e. The molecule has 1 aromatic heterocycles. The average molecular weight is 414 g/mol. The van der Waals surface area contributed by atoms with Crippen LogP contribution in [0, 0.1) is 11.5 Å². The van der Waals surface area contributed by atoms with E-state index < -0.39 is 5.91 Å². The van der Waals surface area contributed by atoms with Crippen LogP contribution in [0.25, 0.3) is 11.3 Å². The summed E-state index contributed by atoms with van der Waals surface area (Å²) in [7, 11) is 0. The molecule has 31 heavy (non-hydrogen) atoms. The quantitative estimate of drug-likeness (QED) is 0.487. The van der Waals surface area contributed by atoms with Gasteiger partial charge in [0.2, 0.25) is 0 Å². The molecule has 156 valence electrons. The molecule has 1 saturated heterocycles. The van der Waals surface area contributed by atoms with Crippen LogP contribution in [0.5, 0.6) is 0 Å². The van der Waals surface area contributed by atoms with Crippen LogP contribution in [0.15, 0.2) is 54.6 Å². The first kappa shape index (κ1) is 20.2. The number of amides is 1. The molecule has 0 aliphatic carbocycles. The van der Waals surface area contributed by atoms with Crippen LogP contribution >= 0.6 is 0 Å². The van der Waals surface area contributed by atoms with Gasteiger partial charge in [0.15, 0.2) is 12.0 Å². The number of nitrogens with zero attached hydrogens (tertiary/aromatic N) is 4. The van der Waals surface area contributed by atoms with E-state index in [2.05, 4.69) is 11.3 Å². The fourth-order valence-electron chi connectivity index (χ4n) is 3.95. The molecule has 1 atom stereocenters. The molecule has 8 heteroatoms. The molecule has 0 radical (unpaired) electrons. The molecule has 0 spiro atoms. The second kappa shape index (κ2) is 8.32. The Kier molecular flexibility index (Phi) is 5.41. The van der Waals surface area contributed by atoms with Gasteiger partial charge in [-0.3, -0.25) is 9.59 Å². The summed E-state index contributed by atoms with van der Waals surface area (Å²) >= 11 is 0. The first-order valence-electron chi connectivity index (χ1n) is 10.0. The smallest absolute Gasteiger partial charge is 0.254 e. The van der Waals surface area contributed by atoms with Gasteiger partial charge in [-0.05, 0) is 12.8 Å². The fraction of sp³-hybridized carbons (Fsp3) is 0.217. The van der Waals surface area contributed by atoms with Crippen LogP contribution in [0.1, 0.15) is 45.2 Å². The molecular formula is C23H22N6O2. The van der Waals surface area contributed by atoms with Crippen molar-refractivity contribution in [3.63, 3.8) is 0 Å². The Morgan fingerprint density at radius 1 is 1.06 bits per heavy atom. The summed E-state index contributed by atoms with van der Waals surface area (Å²) in [4.78, 5) is 26.5. The zero-order valence-corrected chi connectivity index (χ0v) is 16.9. The van der Waals surface area contributed by atoms with Crippen molar-refractivity contribution in [2.24, 2.45) is 5.73 Å². The van der Waals surface area contributed by atoms with Crippen LogP contribution in [-0.2, 0) is 0 Å². The number of ketones is 1. The van der Waals surface area contributed by atoms with E-state index in [1.54, 1.807) is 46.0 Å². The van der Waals surface area contributed by atoms with Gasteiger partial charge in [-0.15, -0.1) is 0 Å². The minimum atomic E-state index is -0.670. The molecule has 1 unspecified atom stereocenters. The molecule has 1 aliphatic heterocycles. The van der Waals surface area contributed by atoms with Gasteiger partial charge in [-0.25, -0.2) is 4.68 Å². The van der Waals surface area contributed by atoms with Crippen LogP contribution < -0.4 is 11.5 Å². The maximum Gasteiger partial charge on any atom is 0.254 e. The van der Waals surface area contributed by atoms with Gasteiger partial charge in [-0.2, -0.15) is 10.4 Å². The van der Waals surface area contributed by atoms with Crippen molar-refractivity contribution in [2.45, 2.75) is 18.9 Å². The molecule has 1 amide bonds. The van der Waals surface area contributed by atoms with Crippen LogP contribution in [0.2, 0.25) is 0 Å². The number of benzene rings is 2. The van der Waals surface area contributed by atoms with E-state index in [0.29, 0.717) is 35.5 Å². The lowest BCUT2D eigenvalue weighted by molar-refractivity contribution is 0.0999. The highest BCUT2D eigenvalue weighted by molar-refractivity contribution is 6.09. The van der Waals surface area contributed by atoms with Crippen LogP contribution in [0.3, 0.4) is 0 Å². The summed E-state index contributed by atoms with van der Waals surface area (Å²) in [6.07, 6.45) is 3.78. The van der Waals surface area contributed by atoms with E-state index in [-0.39, 0.29) is 23.2 Å². The third-order valence-electron chi connectivity index (χ3n) is 5.53. The molecule has 2 aromatic carbocycles. The molecule has 4 N–H and O–H groups in total. The van der Waals surface area contributed by atoms with Crippen molar-refractivity contribution in [1.82, 2.24) is 14.7 Å². The van der Waals surface area contributed by atoms with Gasteiger partial charge in [0.25, 0.3) is 5.91 Å². The van der Waals surface area contributed by atoms with Gasteiger partial charge in [-0.1, -0.05) is 54.6 Å². The fourth-order valence-corrected chi connectivity index (χ4v) is 3.95. The molecule has 1 fully saturated rings. The van der Waals surface area contributed by atoms with Crippen molar-refractivity contribution in [1.29, 1.82) is 5.26 Å². The average Bonchev–Trinajstić information content (AvgIpc) is 3.16. The number of anilines is 1. The molecule has 2 heterocycles. The molecule has 0 bridgehead atoms. The Labute approximate surface area is 179 Å². The zero-order chi connectivity index (χ0) is 22.0. The largest absolute Gasteiger partial charge is 0.383 e. The molecule has 0 saturated carbocycles. The summed E-state index contributed by atoms with van der Waals surface area (Å²) < 4.78 is 1.60. The highest BCUT2D eigenvalue weighted by atomic mass is 16.1. The lowest BCUT2D eigenvalue weighted by Gasteiger charge is -2.29. The van der Waals surface area contributed by atoms with Crippen molar-refractivity contribution >= 4 is 17.5 Å². The first-order valence-corrected chi connectivity index (χ1v) is 10.0. The van der Waals surface area contributed by atoms with Crippen molar-refractivity contribution < 1.29 is 9.59 Å². The number of hydrogen-bond acceptors (Lipinski definition) is 6. The van der Waals surface area contributed by atoms with E-state index >= 15 is 0 Å². The Bertz CT molecular complexity index is 1160. The number of likely N-dealkylation sites (tertiary alicyclic amines) is 1. The first-order chi connectivity index (χ1) is 15.0. The highest BCUT2D eigenvalue weighted by Crippen LogP contribution is 2.32. The predicted molar refractivity (Wildman–Crippen MR) is 116 cm³/mol. The maximum atomic E-state index is 12.6. The second-order valence-corrected chi connectivity index (χ2v) is 7.53. The van der Waals surface area contributed by atoms with Gasteiger partial charge in [0, 0.05) is 23.2 Å². The number of carbonyl (C=O) groups excluding carboxylic acids is 2. The van der Waals surface area contributed by atoms with Gasteiger partial charge in [0.05, 0.1) is 12.6 Å². The summed E-state index contributed by atoms with van der Waals surface area (Å²) in [5.41, 5.74) is 14.2. The van der Waals surface area contributed by atoms with E-state index in [4.69, 9.17) is 11.5 Å². The normalized spacial score (nSPS) is 16.0.